The van der Waals surface area contributed by atoms with Crippen LogP contribution in [0.5, 0.6) is 0 Å². The zero-order valence-corrected chi connectivity index (χ0v) is 16.3. The van der Waals surface area contributed by atoms with Gasteiger partial charge in [0.1, 0.15) is 0 Å². The number of carbonyl (C=O) groups excluding carboxylic acids is 1. The van der Waals surface area contributed by atoms with Crippen LogP contribution in [-0.2, 0) is 4.74 Å². The van der Waals surface area contributed by atoms with E-state index < -0.39 is 0 Å². The molecule has 3 rings (SSSR count). The highest BCUT2D eigenvalue weighted by molar-refractivity contribution is 5.74. The topological polar surface area (TPSA) is 53.6 Å². The number of urea groups is 1. The molecule has 2 aliphatic rings. The maximum Gasteiger partial charge on any atom is 0.315 e. The zero-order valence-electron chi connectivity index (χ0n) is 16.3. The predicted molar refractivity (Wildman–Crippen MR) is 104 cm³/mol. The summed E-state index contributed by atoms with van der Waals surface area (Å²) in [5.41, 5.74) is 2.47. The van der Waals surface area contributed by atoms with E-state index in [9.17, 15) is 4.79 Å². The lowest BCUT2D eigenvalue weighted by Crippen LogP contribution is -2.47. The van der Waals surface area contributed by atoms with Crippen molar-refractivity contribution >= 4 is 6.03 Å². The summed E-state index contributed by atoms with van der Waals surface area (Å²) in [6, 6.07) is 8.87. The maximum absolute atomic E-state index is 12.3. The summed E-state index contributed by atoms with van der Waals surface area (Å²) in [5, 5.41) is 6.19. The van der Waals surface area contributed by atoms with Crippen molar-refractivity contribution < 1.29 is 9.53 Å². The molecule has 2 heterocycles. The van der Waals surface area contributed by atoms with E-state index in [1.54, 1.807) is 0 Å². The van der Waals surface area contributed by atoms with Gasteiger partial charge in [-0.25, -0.2) is 4.79 Å². The number of hydrogen-bond acceptors (Lipinski definition) is 3. The smallest absolute Gasteiger partial charge is 0.315 e. The number of nitrogens with one attached hydrogen (secondary N) is 2. The number of amides is 2. The molecule has 5 heteroatoms. The second kappa shape index (κ2) is 8.87. The van der Waals surface area contributed by atoms with Crippen LogP contribution in [0, 0.1) is 0 Å². The van der Waals surface area contributed by atoms with Crippen LogP contribution in [0.15, 0.2) is 24.3 Å². The molecule has 1 aromatic rings. The van der Waals surface area contributed by atoms with Gasteiger partial charge in [-0.05, 0) is 70.8 Å². The molecule has 2 amide bonds. The molecule has 3 unspecified atom stereocenters. The van der Waals surface area contributed by atoms with Gasteiger partial charge in [-0.15, -0.1) is 0 Å². The molecule has 0 saturated carbocycles. The highest BCUT2D eigenvalue weighted by Gasteiger charge is 2.24. The minimum Gasteiger partial charge on any atom is -0.378 e. The van der Waals surface area contributed by atoms with Gasteiger partial charge in [0.15, 0.2) is 0 Å². The summed E-state index contributed by atoms with van der Waals surface area (Å²) in [6.07, 6.45) is 4.65. The second-order valence-corrected chi connectivity index (χ2v) is 7.91. The first-order valence-electron chi connectivity index (χ1n) is 10.00. The van der Waals surface area contributed by atoms with Crippen LogP contribution in [0.1, 0.15) is 62.6 Å². The van der Waals surface area contributed by atoms with Crippen LogP contribution in [0.25, 0.3) is 0 Å². The summed E-state index contributed by atoms with van der Waals surface area (Å²) >= 11 is 0. The van der Waals surface area contributed by atoms with Gasteiger partial charge < -0.3 is 20.3 Å². The summed E-state index contributed by atoms with van der Waals surface area (Å²) in [4.78, 5) is 14.6. The highest BCUT2D eigenvalue weighted by Crippen LogP contribution is 2.31. The van der Waals surface area contributed by atoms with Crippen molar-refractivity contribution in [3.8, 4) is 0 Å². The van der Waals surface area contributed by atoms with E-state index in [-0.39, 0.29) is 24.2 Å². The van der Waals surface area contributed by atoms with E-state index in [2.05, 4.69) is 53.8 Å². The van der Waals surface area contributed by atoms with Crippen molar-refractivity contribution in [2.24, 2.45) is 0 Å². The first-order chi connectivity index (χ1) is 12.5. The fraction of sp³-hybridized carbons (Fsp3) is 0.667. The minimum atomic E-state index is -0.0644. The molecule has 1 aromatic carbocycles. The lowest BCUT2D eigenvalue weighted by atomic mass is 9.87. The molecule has 2 aliphatic heterocycles. The minimum absolute atomic E-state index is 0.00431. The number of nitrogens with zero attached hydrogens (tertiary/aromatic N) is 1. The fourth-order valence-electron chi connectivity index (χ4n) is 4.05. The molecule has 144 valence electrons. The van der Waals surface area contributed by atoms with Crippen molar-refractivity contribution in [2.45, 2.75) is 63.6 Å². The number of piperidine rings is 1. The average Bonchev–Trinajstić information content (AvgIpc) is 2.64. The fourth-order valence-corrected chi connectivity index (χ4v) is 4.05. The van der Waals surface area contributed by atoms with Crippen molar-refractivity contribution in [2.75, 3.05) is 26.7 Å². The van der Waals surface area contributed by atoms with E-state index in [0.717, 1.165) is 44.5 Å². The van der Waals surface area contributed by atoms with Gasteiger partial charge >= 0.3 is 6.03 Å². The average molecular weight is 360 g/mol. The Morgan fingerprint density at radius 2 is 1.88 bits per heavy atom. The summed E-state index contributed by atoms with van der Waals surface area (Å²) in [5.74, 6) is 0.480. The van der Waals surface area contributed by atoms with E-state index in [1.165, 1.54) is 12.0 Å². The third kappa shape index (κ3) is 4.98. The first kappa shape index (κ1) is 19.2. The predicted octanol–water partition coefficient (Wildman–Crippen LogP) is 3.42. The SMILES string of the molecule is CC(NC(=O)NC1CCN(C)CC1)c1ccc(C2CCCOC2C)cc1. The Bertz CT molecular complexity index is 581. The van der Waals surface area contributed by atoms with Crippen LogP contribution in [0.4, 0.5) is 4.79 Å². The second-order valence-electron chi connectivity index (χ2n) is 7.91. The number of ether oxygens (including phenoxy) is 1. The van der Waals surface area contributed by atoms with Gasteiger partial charge in [-0.3, -0.25) is 0 Å². The highest BCUT2D eigenvalue weighted by atomic mass is 16.5. The lowest BCUT2D eigenvalue weighted by Gasteiger charge is -2.30. The van der Waals surface area contributed by atoms with Gasteiger partial charge in [0.05, 0.1) is 12.1 Å². The Morgan fingerprint density at radius 1 is 1.19 bits per heavy atom. The molecule has 0 aliphatic carbocycles. The van der Waals surface area contributed by atoms with Crippen LogP contribution in [-0.4, -0.2) is 49.8 Å². The molecule has 0 spiro atoms. The third-order valence-corrected chi connectivity index (χ3v) is 5.87. The molecule has 3 atom stereocenters. The molecule has 2 N–H and O–H groups in total. The van der Waals surface area contributed by atoms with E-state index in [1.807, 2.05) is 6.92 Å². The normalized spacial score (nSPS) is 26.3. The molecular weight excluding hydrogens is 326 g/mol. The first-order valence-corrected chi connectivity index (χ1v) is 10.00. The Balaban J connectivity index is 1.51. The maximum atomic E-state index is 12.3. The molecule has 0 bridgehead atoms. The van der Waals surface area contributed by atoms with Crippen molar-refractivity contribution in [3.05, 3.63) is 35.4 Å². The summed E-state index contributed by atoms with van der Waals surface area (Å²) in [7, 11) is 2.13. The molecule has 5 nitrogen and oxygen atoms in total. The number of hydrogen-bond donors (Lipinski definition) is 2. The van der Waals surface area contributed by atoms with Crippen LogP contribution in [0.3, 0.4) is 0 Å². The Hall–Kier alpha value is -1.59. The standard InChI is InChI=1S/C21H33N3O2/c1-15(22-21(25)23-19-10-12-24(3)13-11-19)17-6-8-18(9-7-17)20-5-4-14-26-16(20)2/h6-9,15-16,19-20H,4-5,10-14H2,1-3H3,(H2,22,23,25). The molecule has 0 radical (unpaired) electrons. The quantitative estimate of drug-likeness (QED) is 0.866. The van der Waals surface area contributed by atoms with Gasteiger partial charge in [0.2, 0.25) is 0 Å². The molecule has 26 heavy (non-hydrogen) atoms. The molecule has 0 aromatic heterocycles. The number of likely N-dealkylation sites (tertiary alicyclic amines) is 1. The summed E-state index contributed by atoms with van der Waals surface area (Å²) < 4.78 is 5.79. The molecular formula is C21H33N3O2. The van der Waals surface area contributed by atoms with E-state index in [0.29, 0.717) is 5.92 Å². The number of benzene rings is 1. The van der Waals surface area contributed by atoms with Gasteiger partial charge in [0.25, 0.3) is 0 Å². The van der Waals surface area contributed by atoms with Crippen molar-refractivity contribution in [3.63, 3.8) is 0 Å². The molecule has 2 fully saturated rings. The lowest BCUT2D eigenvalue weighted by molar-refractivity contribution is 0.0115. The third-order valence-electron chi connectivity index (χ3n) is 5.87. The van der Waals surface area contributed by atoms with Crippen molar-refractivity contribution in [1.82, 2.24) is 15.5 Å². The number of rotatable bonds is 4. The van der Waals surface area contributed by atoms with Gasteiger partial charge in [-0.1, -0.05) is 24.3 Å². The van der Waals surface area contributed by atoms with Gasteiger partial charge in [0, 0.05) is 18.6 Å². The largest absolute Gasteiger partial charge is 0.378 e. The van der Waals surface area contributed by atoms with Crippen molar-refractivity contribution in [1.29, 1.82) is 0 Å². The monoisotopic (exact) mass is 359 g/mol. The summed E-state index contributed by atoms with van der Waals surface area (Å²) in [6.45, 7) is 7.17. The van der Waals surface area contributed by atoms with E-state index in [4.69, 9.17) is 4.74 Å². The van der Waals surface area contributed by atoms with Crippen LogP contribution < -0.4 is 10.6 Å². The Labute approximate surface area is 157 Å². The molecule has 2 saturated heterocycles. The van der Waals surface area contributed by atoms with Crippen LogP contribution in [0.2, 0.25) is 0 Å². The Kier molecular flexibility index (Phi) is 6.54. The zero-order chi connectivity index (χ0) is 18.5. The Morgan fingerprint density at radius 3 is 2.54 bits per heavy atom. The number of carbonyl (C=O) groups is 1. The van der Waals surface area contributed by atoms with Crippen LogP contribution >= 0.6 is 0 Å². The van der Waals surface area contributed by atoms with E-state index >= 15 is 0 Å². The van der Waals surface area contributed by atoms with Gasteiger partial charge in [-0.2, -0.15) is 0 Å².